The molecule has 1 fully saturated rings. The van der Waals surface area contributed by atoms with E-state index in [1.54, 1.807) is 31.2 Å². The van der Waals surface area contributed by atoms with Gasteiger partial charge in [0, 0.05) is 30.3 Å². The predicted octanol–water partition coefficient (Wildman–Crippen LogP) is 3.10. The van der Waals surface area contributed by atoms with Gasteiger partial charge >= 0.3 is 0 Å². The Hall–Kier alpha value is -3.86. The zero-order chi connectivity index (χ0) is 22.8. The van der Waals surface area contributed by atoms with Gasteiger partial charge in [-0.05, 0) is 48.5 Å². The van der Waals surface area contributed by atoms with Gasteiger partial charge in [0.05, 0.1) is 9.83 Å². The number of ether oxygens (including phenoxy) is 2. The van der Waals surface area contributed by atoms with Gasteiger partial charge in [-0.25, -0.2) is 0 Å². The first-order valence-electron chi connectivity index (χ1n) is 9.52. The summed E-state index contributed by atoms with van der Waals surface area (Å²) in [4.78, 5) is 49.0. The molecule has 0 aromatic heterocycles. The maximum atomic E-state index is 12.6. The van der Waals surface area contributed by atoms with E-state index in [0.29, 0.717) is 22.6 Å². The summed E-state index contributed by atoms with van der Waals surface area (Å²) >= 11 is 0.811. The molecule has 0 saturated carbocycles. The van der Waals surface area contributed by atoms with E-state index < -0.39 is 22.0 Å². The van der Waals surface area contributed by atoms with Crippen molar-refractivity contribution < 1.29 is 28.8 Å². The number of nitro groups is 1. The normalized spacial score (nSPS) is 16.0. The number of nitrogens with one attached hydrogen (secondary N) is 1. The third-order valence-corrected chi connectivity index (χ3v) is 5.76. The maximum absolute atomic E-state index is 12.6. The number of thioether (sulfide) groups is 1. The number of nitro benzene ring substituents is 1. The molecule has 0 unspecified atom stereocenters. The van der Waals surface area contributed by atoms with Crippen LogP contribution in [0.5, 0.6) is 11.5 Å². The predicted molar refractivity (Wildman–Crippen MR) is 115 cm³/mol. The van der Waals surface area contributed by atoms with Gasteiger partial charge in [-0.15, -0.1) is 0 Å². The Labute approximate surface area is 186 Å². The largest absolute Gasteiger partial charge is 0.454 e. The molecule has 32 heavy (non-hydrogen) atoms. The number of benzene rings is 2. The summed E-state index contributed by atoms with van der Waals surface area (Å²) < 4.78 is 10.6. The molecular formula is C21H17N3O7S. The van der Waals surface area contributed by atoms with Gasteiger partial charge < -0.3 is 14.8 Å². The van der Waals surface area contributed by atoms with Crippen LogP contribution >= 0.6 is 11.8 Å². The van der Waals surface area contributed by atoms with Gasteiger partial charge in [-0.1, -0.05) is 12.1 Å². The number of imide groups is 1. The zero-order valence-electron chi connectivity index (χ0n) is 16.8. The van der Waals surface area contributed by atoms with Crippen molar-refractivity contribution in [1.29, 1.82) is 0 Å². The number of hydrogen-bond donors (Lipinski definition) is 1. The van der Waals surface area contributed by atoms with Gasteiger partial charge in [0.2, 0.25) is 6.79 Å². The van der Waals surface area contributed by atoms with E-state index in [-0.39, 0.29) is 36.0 Å². The topological polar surface area (TPSA) is 128 Å². The fourth-order valence-corrected chi connectivity index (χ4v) is 4.04. The van der Waals surface area contributed by atoms with E-state index in [1.807, 2.05) is 0 Å². The summed E-state index contributed by atoms with van der Waals surface area (Å²) in [5.74, 6) is 0.191. The summed E-state index contributed by atoms with van der Waals surface area (Å²) in [6.07, 6.45) is 1.59. The number of nitrogens with zero attached hydrogens (tertiary/aromatic N) is 2. The quantitative estimate of drug-likeness (QED) is 0.400. The van der Waals surface area contributed by atoms with Crippen molar-refractivity contribution >= 4 is 40.6 Å². The van der Waals surface area contributed by atoms with Crippen LogP contribution in [0.15, 0.2) is 41.3 Å². The van der Waals surface area contributed by atoms with E-state index in [4.69, 9.17) is 9.47 Å². The number of rotatable bonds is 6. The molecule has 1 N–H and O–H groups in total. The number of carbonyl (C=O) groups is 3. The van der Waals surface area contributed by atoms with E-state index in [2.05, 4.69) is 5.32 Å². The lowest BCUT2D eigenvalue weighted by atomic mass is 10.1. The second-order valence-electron chi connectivity index (χ2n) is 6.96. The van der Waals surface area contributed by atoms with E-state index in [9.17, 15) is 24.5 Å². The number of hydrogen-bond acceptors (Lipinski definition) is 8. The van der Waals surface area contributed by atoms with Crippen molar-refractivity contribution in [2.45, 2.75) is 6.92 Å². The van der Waals surface area contributed by atoms with Gasteiger partial charge in [0.25, 0.3) is 22.7 Å². The van der Waals surface area contributed by atoms with Crippen LogP contribution in [0.25, 0.3) is 6.08 Å². The Kier molecular flexibility index (Phi) is 5.82. The second-order valence-corrected chi connectivity index (χ2v) is 7.95. The van der Waals surface area contributed by atoms with Gasteiger partial charge in [-0.3, -0.25) is 29.4 Å². The molecule has 3 amide bonds. The maximum Gasteiger partial charge on any atom is 0.293 e. The summed E-state index contributed by atoms with van der Waals surface area (Å²) in [5, 5.41) is 13.2. The molecule has 2 heterocycles. The van der Waals surface area contributed by atoms with E-state index >= 15 is 0 Å². The lowest BCUT2D eigenvalue weighted by Gasteiger charge is -2.13. The first kappa shape index (κ1) is 21.4. The van der Waals surface area contributed by atoms with Gasteiger partial charge in [0.1, 0.15) is 0 Å². The average molecular weight is 455 g/mol. The minimum atomic E-state index is -0.557. The molecule has 11 heteroatoms. The number of aryl methyl sites for hydroxylation is 1. The molecule has 0 bridgehead atoms. The fraction of sp³-hybridized carbons (Fsp3) is 0.190. The fourth-order valence-electron chi connectivity index (χ4n) is 3.18. The minimum absolute atomic E-state index is 0.00977. The third-order valence-electron chi connectivity index (χ3n) is 4.86. The molecule has 2 aliphatic rings. The standard InChI is InChI=1S/C21H17N3O7S/c1-12-2-4-14(10-15(12)24(28)29)19(25)22-6-7-23-20(26)18(32-21(23)27)9-13-3-5-16-17(8-13)31-11-30-16/h2-5,8-10H,6-7,11H2,1H3,(H,22,25)/b18-9-. The van der Waals surface area contributed by atoms with Crippen molar-refractivity contribution in [2.24, 2.45) is 0 Å². The molecular weight excluding hydrogens is 438 g/mol. The highest BCUT2D eigenvalue weighted by atomic mass is 32.2. The van der Waals surface area contributed by atoms with E-state index in [0.717, 1.165) is 16.7 Å². The van der Waals surface area contributed by atoms with Crippen LogP contribution < -0.4 is 14.8 Å². The third kappa shape index (κ3) is 4.28. The van der Waals surface area contributed by atoms with Crippen molar-refractivity contribution in [3.8, 4) is 11.5 Å². The van der Waals surface area contributed by atoms with Crippen molar-refractivity contribution in [2.75, 3.05) is 19.9 Å². The Morgan fingerprint density at radius 1 is 1.22 bits per heavy atom. The van der Waals surface area contributed by atoms with Crippen LogP contribution in [-0.4, -0.2) is 46.8 Å². The zero-order valence-corrected chi connectivity index (χ0v) is 17.6. The summed E-state index contributed by atoms with van der Waals surface area (Å²) in [7, 11) is 0. The monoisotopic (exact) mass is 455 g/mol. The van der Waals surface area contributed by atoms with Gasteiger partial charge in [-0.2, -0.15) is 0 Å². The van der Waals surface area contributed by atoms with E-state index in [1.165, 1.54) is 18.2 Å². The van der Waals surface area contributed by atoms with Crippen LogP contribution in [-0.2, 0) is 4.79 Å². The highest BCUT2D eigenvalue weighted by molar-refractivity contribution is 8.18. The number of carbonyl (C=O) groups excluding carboxylic acids is 3. The van der Waals surface area contributed by atoms with Crippen LogP contribution in [0.1, 0.15) is 21.5 Å². The van der Waals surface area contributed by atoms with Crippen molar-refractivity contribution in [1.82, 2.24) is 10.2 Å². The molecule has 0 radical (unpaired) electrons. The molecule has 10 nitrogen and oxygen atoms in total. The Morgan fingerprint density at radius 3 is 2.78 bits per heavy atom. The number of fused-ring (bicyclic) bond motifs is 1. The summed E-state index contributed by atoms with van der Waals surface area (Å²) in [5.41, 5.74) is 1.10. The SMILES string of the molecule is Cc1ccc(C(=O)NCCN2C(=O)S/C(=C\c3ccc4c(c3)OCO4)C2=O)cc1[N+](=O)[O-]. The second kappa shape index (κ2) is 8.71. The first-order chi connectivity index (χ1) is 15.3. The molecule has 4 rings (SSSR count). The molecule has 164 valence electrons. The lowest BCUT2D eigenvalue weighted by Crippen LogP contribution is -2.37. The lowest BCUT2D eigenvalue weighted by molar-refractivity contribution is -0.385. The van der Waals surface area contributed by atoms with Crippen LogP contribution in [0.2, 0.25) is 0 Å². The highest BCUT2D eigenvalue weighted by Crippen LogP contribution is 2.36. The molecule has 1 saturated heterocycles. The molecule has 0 atom stereocenters. The Morgan fingerprint density at radius 2 is 2.00 bits per heavy atom. The van der Waals surface area contributed by atoms with Crippen LogP contribution in [0.4, 0.5) is 10.5 Å². The highest BCUT2D eigenvalue weighted by Gasteiger charge is 2.34. The van der Waals surface area contributed by atoms with Crippen molar-refractivity contribution in [3.05, 3.63) is 68.1 Å². The van der Waals surface area contributed by atoms with Crippen LogP contribution in [0.3, 0.4) is 0 Å². The smallest absolute Gasteiger partial charge is 0.293 e. The minimum Gasteiger partial charge on any atom is -0.454 e. The molecule has 0 spiro atoms. The Bertz CT molecular complexity index is 1180. The molecule has 2 aliphatic heterocycles. The Balaban J connectivity index is 1.37. The molecule has 2 aromatic rings. The van der Waals surface area contributed by atoms with Gasteiger partial charge in [0.15, 0.2) is 11.5 Å². The summed E-state index contributed by atoms with van der Waals surface area (Å²) in [6.45, 7) is 1.70. The summed E-state index contributed by atoms with van der Waals surface area (Å²) in [6, 6.07) is 9.36. The van der Waals surface area contributed by atoms with Crippen LogP contribution in [0, 0.1) is 17.0 Å². The molecule has 0 aliphatic carbocycles. The molecule has 2 aromatic carbocycles. The average Bonchev–Trinajstić information content (AvgIpc) is 3.33. The number of amides is 3. The first-order valence-corrected chi connectivity index (χ1v) is 10.3. The van der Waals surface area contributed by atoms with Crippen molar-refractivity contribution in [3.63, 3.8) is 0 Å².